The summed E-state index contributed by atoms with van der Waals surface area (Å²) in [5.74, 6) is -0.225. The third kappa shape index (κ3) is 3.72. The molecule has 0 amide bonds. The van der Waals surface area contributed by atoms with Crippen molar-refractivity contribution in [2.45, 2.75) is 19.4 Å². The van der Waals surface area contributed by atoms with Crippen molar-refractivity contribution in [3.8, 4) is 0 Å². The van der Waals surface area contributed by atoms with Crippen molar-refractivity contribution in [1.82, 2.24) is 5.32 Å². The second-order valence-electron chi connectivity index (χ2n) is 4.84. The molecule has 2 aromatic rings. The zero-order valence-electron chi connectivity index (χ0n) is 11.4. The quantitative estimate of drug-likeness (QED) is 0.843. The van der Waals surface area contributed by atoms with Gasteiger partial charge in [-0.2, -0.15) is 0 Å². The van der Waals surface area contributed by atoms with Gasteiger partial charge in [0.2, 0.25) is 0 Å². The summed E-state index contributed by atoms with van der Waals surface area (Å²) in [4.78, 5) is 0. The minimum Gasteiger partial charge on any atom is -0.313 e. The molecule has 20 heavy (non-hydrogen) atoms. The number of hydrogen-bond acceptors (Lipinski definition) is 1. The SMILES string of the molecule is CNC(Cc1cc(Cl)ccc1Cl)c1cc(C)cc(F)c1. The highest BCUT2D eigenvalue weighted by molar-refractivity contribution is 6.33. The molecule has 0 radical (unpaired) electrons. The van der Waals surface area contributed by atoms with Crippen LogP contribution >= 0.6 is 23.2 Å². The number of hydrogen-bond donors (Lipinski definition) is 1. The largest absolute Gasteiger partial charge is 0.313 e. The van der Waals surface area contributed by atoms with Gasteiger partial charge < -0.3 is 5.32 Å². The fraction of sp³-hybridized carbons (Fsp3) is 0.250. The maximum atomic E-state index is 13.5. The summed E-state index contributed by atoms with van der Waals surface area (Å²) >= 11 is 12.2. The second-order valence-corrected chi connectivity index (χ2v) is 5.69. The maximum absolute atomic E-state index is 13.5. The van der Waals surface area contributed by atoms with E-state index in [1.54, 1.807) is 18.2 Å². The van der Waals surface area contributed by atoms with E-state index >= 15 is 0 Å². The lowest BCUT2D eigenvalue weighted by molar-refractivity contribution is 0.576. The Morgan fingerprint density at radius 1 is 1.15 bits per heavy atom. The normalized spacial score (nSPS) is 12.4. The molecule has 1 unspecified atom stereocenters. The lowest BCUT2D eigenvalue weighted by Crippen LogP contribution is -2.19. The van der Waals surface area contributed by atoms with Crippen molar-refractivity contribution in [2.24, 2.45) is 0 Å². The van der Waals surface area contributed by atoms with Crippen LogP contribution in [0.15, 0.2) is 36.4 Å². The summed E-state index contributed by atoms with van der Waals surface area (Å²) < 4.78 is 13.5. The second kappa shape index (κ2) is 6.57. The van der Waals surface area contributed by atoms with E-state index in [1.165, 1.54) is 6.07 Å². The van der Waals surface area contributed by atoms with E-state index in [-0.39, 0.29) is 11.9 Å². The monoisotopic (exact) mass is 311 g/mol. The molecular formula is C16H16Cl2FN. The Morgan fingerprint density at radius 3 is 2.55 bits per heavy atom. The van der Waals surface area contributed by atoms with Gasteiger partial charge in [-0.25, -0.2) is 4.39 Å². The molecule has 0 spiro atoms. The first-order valence-corrected chi connectivity index (χ1v) is 7.13. The van der Waals surface area contributed by atoms with Gasteiger partial charge in [0.25, 0.3) is 0 Å². The van der Waals surface area contributed by atoms with Gasteiger partial charge in [-0.1, -0.05) is 29.3 Å². The Kier molecular flexibility index (Phi) is 5.03. The summed E-state index contributed by atoms with van der Waals surface area (Å²) in [6.45, 7) is 1.88. The fourth-order valence-corrected chi connectivity index (χ4v) is 2.66. The first-order chi connectivity index (χ1) is 9.49. The van der Waals surface area contributed by atoms with E-state index < -0.39 is 0 Å². The molecule has 4 heteroatoms. The molecule has 0 aliphatic carbocycles. The Hall–Kier alpha value is -1.09. The van der Waals surface area contributed by atoms with Crippen molar-refractivity contribution < 1.29 is 4.39 Å². The summed E-state index contributed by atoms with van der Waals surface area (Å²) in [5, 5.41) is 4.52. The first kappa shape index (κ1) is 15.3. The van der Waals surface area contributed by atoms with Crippen LogP contribution in [0.2, 0.25) is 10.0 Å². The topological polar surface area (TPSA) is 12.0 Å². The number of halogens is 3. The van der Waals surface area contributed by atoms with E-state index in [2.05, 4.69) is 5.32 Å². The van der Waals surface area contributed by atoms with Gasteiger partial charge in [0, 0.05) is 16.1 Å². The molecule has 1 atom stereocenters. The van der Waals surface area contributed by atoms with E-state index in [4.69, 9.17) is 23.2 Å². The van der Waals surface area contributed by atoms with Gasteiger partial charge in [0.1, 0.15) is 5.82 Å². The Balaban J connectivity index is 2.30. The van der Waals surface area contributed by atoms with Crippen molar-refractivity contribution in [1.29, 1.82) is 0 Å². The van der Waals surface area contributed by atoms with Gasteiger partial charge in [0.15, 0.2) is 0 Å². The molecular weight excluding hydrogens is 296 g/mol. The molecule has 0 saturated carbocycles. The summed E-state index contributed by atoms with van der Waals surface area (Å²) in [6, 6.07) is 10.4. The average Bonchev–Trinajstić information content (AvgIpc) is 2.38. The molecule has 0 bridgehead atoms. The van der Waals surface area contributed by atoms with Crippen LogP contribution in [0.5, 0.6) is 0 Å². The van der Waals surface area contributed by atoms with Crippen LogP contribution in [0.4, 0.5) is 4.39 Å². The molecule has 1 nitrogen and oxygen atoms in total. The van der Waals surface area contributed by atoms with Crippen molar-refractivity contribution >= 4 is 23.2 Å². The molecule has 0 aliphatic heterocycles. The third-order valence-electron chi connectivity index (χ3n) is 3.25. The molecule has 0 heterocycles. The number of likely N-dealkylation sites (N-methyl/N-ethyl adjacent to an activating group) is 1. The van der Waals surface area contributed by atoms with Crippen LogP contribution in [0.25, 0.3) is 0 Å². The van der Waals surface area contributed by atoms with Gasteiger partial charge >= 0.3 is 0 Å². The number of benzene rings is 2. The Morgan fingerprint density at radius 2 is 1.90 bits per heavy atom. The smallest absolute Gasteiger partial charge is 0.123 e. The van der Waals surface area contributed by atoms with Crippen molar-refractivity contribution in [2.75, 3.05) is 7.05 Å². The summed E-state index contributed by atoms with van der Waals surface area (Å²) in [5.41, 5.74) is 2.75. The standard InChI is InChI=1S/C16H16Cl2FN/c1-10-5-12(8-14(19)6-10)16(20-2)9-11-7-13(17)3-4-15(11)18/h3-8,16,20H,9H2,1-2H3. The van der Waals surface area contributed by atoms with Gasteiger partial charge in [-0.15, -0.1) is 0 Å². The molecule has 1 N–H and O–H groups in total. The highest BCUT2D eigenvalue weighted by Crippen LogP contribution is 2.27. The average molecular weight is 312 g/mol. The van der Waals surface area contributed by atoms with Gasteiger partial charge in [-0.3, -0.25) is 0 Å². The lowest BCUT2D eigenvalue weighted by atomic mass is 9.97. The van der Waals surface area contributed by atoms with E-state index in [1.807, 2.05) is 26.1 Å². The maximum Gasteiger partial charge on any atom is 0.123 e. The van der Waals surface area contributed by atoms with E-state index in [0.29, 0.717) is 16.5 Å². The Bertz CT molecular complexity index is 593. The zero-order valence-corrected chi connectivity index (χ0v) is 12.9. The minimum absolute atomic E-state index is 0.0135. The zero-order chi connectivity index (χ0) is 14.7. The van der Waals surface area contributed by atoms with Crippen LogP contribution in [0, 0.1) is 12.7 Å². The van der Waals surface area contributed by atoms with Crippen LogP contribution < -0.4 is 5.32 Å². The predicted molar refractivity (Wildman–Crippen MR) is 83.1 cm³/mol. The molecule has 0 fully saturated rings. The predicted octanol–water partition coefficient (Wildman–Crippen LogP) is 4.94. The molecule has 0 aliphatic rings. The molecule has 2 rings (SSSR count). The van der Waals surface area contributed by atoms with Crippen LogP contribution in [0.3, 0.4) is 0 Å². The molecule has 106 valence electrons. The number of rotatable bonds is 4. The highest BCUT2D eigenvalue weighted by atomic mass is 35.5. The van der Waals surface area contributed by atoms with Crippen LogP contribution in [-0.2, 0) is 6.42 Å². The fourth-order valence-electron chi connectivity index (χ4n) is 2.27. The molecule has 0 aromatic heterocycles. The molecule has 0 saturated heterocycles. The van der Waals surface area contributed by atoms with Crippen LogP contribution in [-0.4, -0.2) is 7.05 Å². The third-order valence-corrected chi connectivity index (χ3v) is 3.85. The number of aryl methyl sites for hydroxylation is 1. The van der Waals surface area contributed by atoms with E-state index in [9.17, 15) is 4.39 Å². The van der Waals surface area contributed by atoms with Gasteiger partial charge in [-0.05, 0) is 67.4 Å². The summed E-state index contributed by atoms with van der Waals surface area (Å²) in [6.07, 6.45) is 0.652. The Labute approximate surface area is 128 Å². The first-order valence-electron chi connectivity index (χ1n) is 6.38. The summed E-state index contributed by atoms with van der Waals surface area (Å²) in [7, 11) is 1.85. The van der Waals surface area contributed by atoms with Gasteiger partial charge in [0.05, 0.1) is 0 Å². The lowest BCUT2D eigenvalue weighted by Gasteiger charge is -2.18. The van der Waals surface area contributed by atoms with Crippen molar-refractivity contribution in [3.63, 3.8) is 0 Å². The highest BCUT2D eigenvalue weighted by Gasteiger charge is 2.14. The van der Waals surface area contributed by atoms with Crippen molar-refractivity contribution in [3.05, 3.63) is 69.0 Å². The minimum atomic E-state index is -0.225. The van der Waals surface area contributed by atoms with E-state index in [0.717, 1.165) is 16.7 Å². The number of nitrogens with one attached hydrogen (secondary N) is 1. The molecule has 2 aromatic carbocycles. The van der Waals surface area contributed by atoms with Crippen LogP contribution in [0.1, 0.15) is 22.7 Å².